The number of H-pyrrole nitrogens is 1. The first kappa shape index (κ1) is 11.7. The molecule has 0 saturated carbocycles. The third kappa shape index (κ3) is 2.30. The van der Waals surface area contributed by atoms with E-state index < -0.39 is 0 Å². The van der Waals surface area contributed by atoms with Crippen LogP contribution in [0.15, 0.2) is 28.0 Å². The molecular formula is C11H12BrN3S. The average molecular weight is 298 g/mol. The Hall–Kier alpha value is -0.810. The van der Waals surface area contributed by atoms with Crippen LogP contribution in [0, 0.1) is 6.92 Å². The van der Waals surface area contributed by atoms with Crippen LogP contribution in [-0.2, 0) is 0 Å². The van der Waals surface area contributed by atoms with Gasteiger partial charge >= 0.3 is 0 Å². The van der Waals surface area contributed by atoms with Crippen LogP contribution in [0.4, 0.5) is 0 Å². The lowest BCUT2D eigenvalue weighted by molar-refractivity contribution is 1.18. The van der Waals surface area contributed by atoms with E-state index in [9.17, 15) is 0 Å². The van der Waals surface area contributed by atoms with Crippen molar-refractivity contribution in [3.05, 3.63) is 28.8 Å². The molecule has 0 aromatic carbocycles. The first-order valence-electron chi connectivity index (χ1n) is 5.01. The molecule has 0 aliphatic rings. The molecule has 0 radical (unpaired) electrons. The highest BCUT2D eigenvalue weighted by atomic mass is 79.9. The average Bonchev–Trinajstić information content (AvgIpc) is 2.65. The zero-order valence-corrected chi connectivity index (χ0v) is 11.5. The third-order valence-electron chi connectivity index (χ3n) is 2.17. The number of rotatable bonds is 3. The van der Waals surface area contributed by atoms with Gasteiger partial charge in [0.05, 0.1) is 6.33 Å². The molecule has 3 nitrogen and oxygen atoms in total. The van der Waals surface area contributed by atoms with Crippen LogP contribution in [0.1, 0.15) is 12.6 Å². The van der Waals surface area contributed by atoms with Crippen LogP contribution in [0.3, 0.4) is 0 Å². The summed E-state index contributed by atoms with van der Waals surface area (Å²) in [5.41, 5.74) is 2.94. The Morgan fingerprint density at radius 1 is 1.38 bits per heavy atom. The highest BCUT2D eigenvalue weighted by Gasteiger charge is 2.12. The van der Waals surface area contributed by atoms with E-state index >= 15 is 0 Å². The van der Waals surface area contributed by atoms with Gasteiger partial charge in [0, 0.05) is 21.3 Å². The Morgan fingerprint density at radius 3 is 2.81 bits per heavy atom. The number of aryl methyl sites for hydroxylation is 1. The van der Waals surface area contributed by atoms with E-state index in [1.54, 1.807) is 18.1 Å². The van der Waals surface area contributed by atoms with E-state index in [4.69, 9.17) is 0 Å². The molecule has 0 spiro atoms. The predicted molar refractivity (Wildman–Crippen MR) is 70.7 cm³/mol. The minimum atomic E-state index is 0.934. The highest BCUT2D eigenvalue weighted by Crippen LogP contribution is 2.31. The van der Waals surface area contributed by atoms with E-state index in [-0.39, 0.29) is 0 Å². The number of thioether (sulfide) groups is 1. The fourth-order valence-corrected chi connectivity index (χ4v) is 2.75. The molecule has 0 aliphatic carbocycles. The number of aromatic amines is 1. The zero-order valence-electron chi connectivity index (χ0n) is 9.12. The first-order chi connectivity index (χ1) is 7.72. The predicted octanol–water partition coefficient (Wildman–Crippen LogP) is 3.65. The normalized spacial score (nSPS) is 10.7. The molecule has 2 aromatic rings. The van der Waals surface area contributed by atoms with Crippen molar-refractivity contribution >= 4 is 27.7 Å². The van der Waals surface area contributed by atoms with Gasteiger partial charge in [-0.2, -0.15) is 0 Å². The maximum Gasteiger partial charge on any atom is 0.110 e. The van der Waals surface area contributed by atoms with Gasteiger partial charge in [-0.1, -0.05) is 6.92 Å². The lowest BCUT2D eigenvalue weighted by Crippen LogP contribution is -1.90. The van der Waals surface area contributed by atoms with E-state index in [0.29, 0.717) is 0 Å². The fraction of sp³-hybridized carbons (Fsp3) is 0.273. The van der Waals surface area contributed by atoms with Gasteiger partial charge in [0.1, 0.15) is 11.4 Å². The molecule has 16 heavy (non-hydrogen) atoms. The van der Waals surface area contributed by atoms with Gasteiger partial charge in [-0.25, -0.2) is 4.98 Å². The number of halogens is 1. The summed E-state index contributed by atoms with van der Waals surface area (Å²) in [4.78, 5) is 13.0. The highest BCUT2D eigenvalue weighted by molar-refractivity contribution is 9.10. The van der Waals surface area contributed by atoms with Gasteiger partial charge in [-0.15, -0.1) is 11.8 Å². The summed E-state index contributed by atoms with van der Waals surface area (Å²) in [6.45, 7) is 4.14. The van der Waals surface area contributed by atoms with E-state index in [1.807, 2.05) is 13.1 Å². The molecule has 2 heterocycles. The lowest BCUT2D eigenvalue weighted by atomic mass is 10.2. The molecule has 0 saturated heterocycles. The molecule has 0 unspecified atom stereocenters. The van der Waals surface area contributed by atoms with Gasteiger partial charge in [-0.3, -0.25) is 4.98 Å². The van der Waals surface area contributed by atoms with E-state index in [1.165, 1.54) is 0 Å². The summed E-state index contributed by atoms with van der Waals surface area (Å²) in [5, 5.41) is 0. The van der Waals surface area contributed by atoms with Gasteiger partial charge in [0.2, 0.25) is 0 Å². The Kier molecular flexibility index (Phi) is 3.66. The Labute approximate surface area is 107 Å². The van der Waals surface area contributed by atoms with Crippen molar-refractivity contribution in [2.24, 2.45) is 0 Å². The van der Waals surface area contributed by atoms with Crippen molar-refractivity contribution in [1.82, 2.24) is 15.0 Å². The number of aromatic nitrogens is 3. The van der Waals surface area contributed by atoms with Gasteiger partial charge in [0.15, 0.2) is 0 Å². The molecule has 0 fully saturated rings. The Morgan fingerprint density at radius 2 is 2.19 bits per heavy atom. The number of hydrogen-bond acceptors (Lipinski definition) is 3. The molecule has 5 heteroatoms. The maximum atomic E-state index is 4.45. The molecule has 84 valence electrons. The lowest BCUT2D eigenvalue weighted by Gasteiger charge is -2.06. The zero-order chi connectivity index (χ0) is 11.5. The molecule has 0 aliphatic heterocycles. The standard InChI is InChI=1S/C11H12BrN3S/c1-3-16-9-4-8(12)5-13-11(9)10-7(2)14-6-15-10/h4-6H,3H2,1-2H3,(H,14,15). The number of imidazole rings is 1. The molecule has 1 N–H and O–H groups in total. The molecule has 2 aromatic heterocycles. The van der Waals surface area contributed by atoms with Crippen molar-refractivity contribution in [2.45, 2.75) is 18.7 Å². The van der Waals surface area contributed by atoms with Crippen molar-refractivity contribution in [2.75, 3.05) is 5.75 Å². The summed E-state index contributed by atoms with van der Waals surface area (Å²) in [6, 6.07) is 2.09. The number of hydrogen-bond donors (Lipinski definition) is 1. The largest absolute Gasteiger partial charge is 0.348 e. The Balaban J connectivity index is 2.51. The van der Waals surface area contributed by atoms with Crippen molar-refractivity contribution in [3.63, 3.8) is 0 Å². The number of pyridine rings is 1. The monoisotopic (exact) mass is 297 g/mol. The summed E-state index contributed by atoms with van der Waals surface area (Å²) in [5.74, 6) is 1.02. The van der Waals surface area contributed by atoms with Crippen molar-refractivity contribution in [3.8, 4) is 11.4 Å². The van der Waals surface area contributed by atoms with Gasteiger partial charge < -0.3 is 4.98 Å². The van der Waals surface area contributed by atoms with Crippen LogP contribution in [0.2, 0.25) is 0 Å². The molecule has 0 atom stereocenters. The third-order valence-corrected chi connectivity index (χ3v) is 3.52. The van der Waals surface area contributed by atoms with Crippen molar-refractivity contribution < 1.29 is 0 Å². The maximum absolute atomic E-state index is 4.45. The quantitative estimate of drug-likeness (QED) is 0.879. The van der Waals surface area contributed by atoms with Crippen LogP contribution in [-0.4, -0.2) is 20.7 Å². The van der Waals surface area contributed by atoms with Crippen LogP contribution >= 0.6 is 27.7 Å². The summed E-state index contributed by atoms with van der Waals surface area (Å²) in [6.07, 6.45) is 3.51. The summed E-state index contributed by atoms with van der Waals surface area (Å²) < 4.78 is 1.00. The minimum Gasteiger partial charge on any atom is -0.348 e. The minimum absolute atomic E-state index is 0.934. The molecule has 2 rings (SSSR count). The second-order valence-corrected chi connectivity index (χ2v) is 5.53. The molecular weight excluding hydrogens is 286 g/mol. The molecule has 0 bridgehead atoms. The van der Waals surface area contributed by atoms with E-state index in [2.05, 4.69) is 43.9 Å². The second kappa shape index (κ2) is 5.01. The van der Waals surface area contributed by atoms with Crippen molar-refractivity contribution in [1.29, 1.82) is 0 Å². The number of nitrogens with one attached hydrogen (secondary N) is 1. The second-order valence-electron chi connectivity index (χ2n) is 3.31. The van der Waals surface area contributed by atoms with Gasteiger partial charge in [-0.05, 0) is 34.7 Å². The first-order valence-corrected chi connectivity index (χ1v) is 6.79. The SMILES string of the molecule is CCSc1cc(Br)cnc1-c1nc[nH]c1C. The number of nitrogens with zero attached hydrogens (tertiary/aromatic N) is 2. The Bertz CT molecular complexity index is 496. The smallest absolute Gasteiger partial charge is 0.110 e. The molecule has 0 amide bonds. The van der Waals surface area contributed by atoms with Crippen LogP contribution in [0.25, 0.3) is 11.4 Å². The van der Waals surface area contributed by atoms with Crippen LogP contribution < -0.4 is 0 Å². The topological polar surface area (TPSA) is 41.6 Å². The van der Waals surface area contributed by atoms with Crippen LogP contribution in [0.5, 0.6) is 0 Å². The summed E-state index contributed by atoms with van der Waals surface area (Å²) in [7, 11) is 0. The summed E-state index contributed by atoms with van der Waals surface area (Å²) >= 11 is 5.22. The van der Waals surface area contributed by atoms with E-state index in [0.717, 1.165) is 32.2 Å². The van der Waals surface area contributed by atoms with Gasteiger partial charge in [0.25, 0.3) is 0 Å². The fourth-order valence-electron chi connectivity index (χ4n) is 1.46.